The maximum atomic E-state index is 12.7. The van der Waals surface area contributed by atoms with Crippen LogP contribution >= 0.6 is 0 Å². The standard InChI is InChI=1S/C24H28N4O2S/c1-18-15-19(2)17-22(16-18)31(29,30)27-21-9-7-20(8-10-21)23-11-12-24(26-25-23)28-13-5-3-4-6-14-28/h7-12,15-17,27H,3-6,13-14H2,1-2H3. The van der Waals surface area contributed by atoms with Crippen molar-refractivity contribution in [2.75, 3.05) is 22.7 Å². The molecule has 1 aromatic heterocycles. The van der Waals surface area contributed by atoms with E-state index in [1.165, 1.54) is 25.7 Å². The Balaban J connectivity index is 1.47. The van der Waals surface area contributed by atoms with E-state index < -0.39 is 10.0 Å². The first kappa shape index (κ1) is 21.3. The molecular formula is C24H28N4O2S. The first-order valence-corrected chi connectivity index (χ1v) is 12.2. The molecule has 31 heavy (non-hydrogen) atoms. The van der Waals surface area contributed by atoms with E-state index in [4.69, 9.17) is 0 Å². The minimum absolute atomic E-state index is 0.268. The second-order valence-electron chi connectivity index (χ2n) is 8.18. The lowest BCUT2D eigenvalue weighted by Crippen LogP contribution is -2.25. The van der Waals surface area contributed by atoms with Gasteiger partial charge in [0.05, 0.1) is 10.6 Å². The van der Waals surface area contributed by atoms with E-state index in [1.54, 1.807) is 24.3 Å². The zero-order chi connectivity index (χ0) is 21.8. The summed E-state index contributed by atoms with van der Waals surface area (Å²) in [6.07, 6.45) is 4.95. The molecule has 1 aliphatic rings. The molecule has 162 valence electrons. The lowest BCUT2D eigenvalue weighted by molar-refractivity contribution is 0.601. The van der Waals surface area contributed by atoms with E-state index in [1.807, 2.05) is 44.2 Å². The summed E-state index contributed by atoms with van der Waals surface area (Å²) >= 11 is 0. The van der Waals surface area contributed by atoms with Crippen LogP contribution in [0, 0.1) is 13.8 Å². The number of aromatic nitrogens is 2. The van der Waals surface area contributed by atoms with Crippen LogP contribution in [-0.2, 0) is 10.0 Å². The summed E-state index contributed by atoms with van der Waals surface area (Å²) in [4.78, 5) is 2.57. The van der Waals surface area contributed by atoms with E-state index in [9.17, 15) is 8.42 Å². The normalized spacial score (nSPS) is 14.8. The molecule has 0 bridgehead atoms. The van der Waals surface area contributed by atoms with Crippen molar-refractivity contribution in [2.45, 2.75) is 44.4 Å². The van der Waals surface area contributed by atoms with E-state index in [-0.39, 0.29) is 4.90 Å². The van der Waals surface area contributed by atoms with Gasteiger partial charge in [0.2, 0.25) is 0 Å². The van der Waals surface area contributed by atoms with E-state index in [0.717, 1.165) is 41.3 Å². The van der Waals surface area contributed by atoms with E-state index >= 15 is 0 Å². The van der Waals surface area contributed by atoms with Gasteiger partial charge >= 0.3 is 0 Å². The van der Waals surface area contributed by atoms with Crippen LogP contribution in [0.2, 0.25) is 0 Å². The molecule has 4 rings (SSSR count). The Morgan fingerprint density at radius 2 is 1.45 bits per heavy atom. The molecule has 1 N–H and O–H groups in total. The molecule has 2 aromatic carbocycles. The van der Waals surface area contributed by atoms with Gasteiger partial charge in [0.25, 0.3) is 10.0 Å². The lowest BCUT2D eigenvalue weighted by atomic mass is 10.1. The van der Waals surface area contributed by atoms with Crippen LogP contribution in [-0.4, -0.2) is 31.7 Å². The summed E-state index contributed by atoms with van der Waals surface area (Å²) in [6, 6.07) is 16.5. The molecule has 0 saturated carbocycles. The third-order valence-electron chi connectivity index (χ3n) is 5.52. The molecular weight excluding hydrogens is 408 g/mol. The predicted molar refractivity (Wildman–Crippen MR) is 125 cm³/mol. The Bertz CT molecular complexity index is 1110. The molecule has 3 aromatic rings. The van der Waals surface area contributed by atoms with Crippen molar-refractivity contribution >= 4 is 21.5 Å². The highest BCUT2D eigenvalue weighted by Gasteiger charge is 2.16. The SMILES string of the molecule is Cc1cc(C)cc(S(=O)(=O)Nc2ccc(-c3ccc(N4CCCCCC4)nn3)cc2)c1. The molecule has 0 aliphatic carbocycles. The van der Waals surface area contributed by atoms with Crippen LogP contribution in [0.4, 0.5) is 11.5 Å². The summed E-state index contributed by atoms with van der Waals surface area (Å²) in [7, 11) is -3.64. The van der Waals surface area contributed by atoms with Gasteiger partial charge in [0, 0.05) is 24.3 Å². The smallest absolute Gasteiger partial charge is 0.261 e. The number of nitrogens with zero attached hydrogens (tertiary/aromatic N) is 3. The third kappa shape index (κ3) is 5.22. The average molecular weight is 437 g/mol. The molecule has 1 saturated heterocycles. The Morgan fingerprint density at radius 1 is 0.806 bits per heavy atom. The number of aryl methyl sites for hydroxylation is 2. The van der Waals surface area contributed by atoms with Crippen molar-refractivity contribution in [3.8, 4) is 11.3 Å². The Kier molecular flexibility index (Phi) is 6.23. The zero-order valence-electron chi connectivity index (χ0n) is 18.0. The van der Waals surface area contributed by atoms with Crippen molar-refractivity contribution in [3.63, 3.8) is 0 Å². The minimum Gasteiger partial charge on any atom is -0.355 e. The molecule has 0 atom stereocenters. The first-order chi connectivity index (χ1) is 14.9. The van der Waals surface area contributed by atoms with Gasteiger partial charge in [-0.1, -0.05) is 31.0 Å². The topological polar surface area (TPSA) is 75.2 Å². The van der Waals surface area contributed by atoms with Gasteiger partial charge in [0.15, 0.2) is 5.82 Å². The Hall–Kier alpha value is -2.93. The number of hydrogen-bond donors (Lipinski definition) is 1. The maximum absolute atomic E-state index is 12.7. The maximum Gasteiger partial charge on any atom is 0.261 e. The van der Waals surface area contributed by atoms with Crippen molar-refractivity contribution in [3.05, 3.63) is 65.7 Å². The van der Waals surface area contributed by atoms with Crippen LogP contribution in [0.3, 0.4) is 0 Å². The van der Waals surface area contributed by atoms with Crippen LogP contribution in [0.15, 0.2) is 59.5 Å². The van der Waals surface area contributed by atoms with Crippen molar-refractivity contribution in [2.24, 2.45) is 0 Å². The number of benzene rings is 2. The molecule has 1 fully saturated rings. The van der Waals surface area contributed by atoms with Crippen molar-refractivity contribution in [1.29, 1.82) is 0 Å². The minimum atomic E-state index is -3.64. The molecule has 0 radical (unpaired) electrons. The molecule has 1 aliphatic heterocycles. The zero-order valence-corrected chi connectivity index (χ0v) is 18.8. The summed E-state index contributed by atoms with van der Waals surface area (Å²) < 4.78 is 28.1. The Morgan fingerprint density at radius 3 is 2.03 bits per heavy atom. The molecule has 7 heteroatoms. The van der Waals surface area contributed by atoms with Gasteiger partial charge in [-0.05, 0) is 74.2 Å². The van der Waals surface area contributed by atoms with Gasteiger partial charge in [-0.3, -0.25) is 4.72 Å². The Labute approximate surface area is 184 Å². The van der Waals surface area contributed by atoms with Crippen LogP contribution < -0.4 is 9.62 Å². The summed E-state index contributed by atoms with van der Waals surface area (Å²) in [5.74, 6) is 0.920. The van der Waals surface area contributed by atoms with Gasteiger partial charge in [0.1, 0.15) is 0 Å². The number of rotatable bonds is 5. The van der Waals surface area contributed by atoms with Crippen LogP contribution in [0.1, 0.15) is 36.8 Å². The number of nitrogens with one attached hydrogen (secondary N) is 1. The van der Waals surface area contributed by atoms with E-state index in [2.05, 4.69) is 19.8 Å². The molecule has 6 nitrogen and oxygen atoms in total. The van der Waals surface area contributed by atoms with Gasteiger partial charge in [-0.25, -0.2) is 8.42 Å². The van der Waals surface area contributed by atoms with Crippen molar-refractivity contribution < 1.29 is 8.42 Å². The van der Waals surface area contributed by atoms with Gasteiger partial charge < -0.3 is 4.90 Å². The van der Waals surface area contributed by atoms with Crippen LogP contribution in [0.5, 0.6) is 0 Å². The average Bonchev–Trinajstić information content (AvgIpc) is 3.03. The summed E-state index contributed by atoms with van der Waals surface area (Å²) in [6.45, 7) is 5.84. The molecule has 0 unspecified atom stereocenters. The van der Waals surface area contributed by atoms with Gasteiger partial charge in [-0.15, -0.1) is 10.2 Å². The second-order valence-corrected chi connectivity index (χ2v) is 9.87. The molecule has 2 heterocycles. The monoisotopic (exact) mass is 436 g/mol. The highest BCUT2D eigenvalue weighted by atomic mass is 32.2. The number of hydrogen-bond acceptors (Lipinski definition) is 5. The van der Waals surface area contributed by atoms with E-state index in [0.29, 0.717) is 5.69 Å². The fourth-order valence-corrected chi connectivity index (χ4v) is 5.21. The highest BCUT2D eigenvalue weighted by Crippen LogP contribution is 2.24. The first-order valence-electron chi connectivity index (χ1n) is 10.7. The molecule has 0 amide bonds. The summed E-state index contributed by atoms with van der Waals surface area (Å²) in [5.41, 5.74) is 4.00. The second kappa shape index (κ2) is 9.06. The number of anilines is 2. The largest absolute Gasteiger partial charge is 0.355 e. The molecule has 0 spiro atoms. The fraction of sp³-hybridized carbons (Fsp3) is 0.333. The van der Waals surface area contributed by atoms with Crippen molar-refractivity contribution in [1.82, 2.24) is 10.2 Å². The quantitative estimate of drug-likeness (QED) is 0.613. The fourth-order valence-electron chi connectivity index (χ4n) is 3.96. The van der Waals surface area contributed by atoms with Crippen LogP contribution in [0.25, 0.3) is 11.3 Å². The number of sulfonamides is 1. The lowest BCUT2D eigenvalue weighted by Gasteiger charge is -2.20. The van der Waals surface area contributed by atoms with Gasteiger partial charge in [-0.2, -0.15) is 0 Å². The highest BCUT2D eigenvalue weighted by molar-refractivity contribution is 7.92. The predicted octanol–water partition coefficient (Wildman–Crippen LogP) is 4.94. The summed E-state index contributed by atoms with van der Waals surface area (Å²) in [5, 5.41) is 8.82. The third-order valence-corrected chi connectivity index (χ3v) is 6.88.